The number of nitro groups is 1. The van der Waals surface area contributed by atoms with Crippen molar-refractivity contribution in [1.82, 2.24) is 20.1 Å². The highest BCUT2D eigenvalue weighted by Crippen LogP contribution is 2.27. The summed E-state index contributed by atoms with van der Waals surface area (Å²) in [6, 6.07) is 0. The third kappa shape index (κ3) is 3.13. The van der Waals surface area contributed by atoms with Crippen LogP contribution in [0.3, 0.4) is 0 Å². The summed E-state index contributed by atoms with van der Waals surface area (Å²) in [5.74, 6) is 1.03. The van der Waals surface area contributed by atoms with Gasteiger partial charge in [0.15, 0.2) is 5.82 Å². The van der Waals surface area contributed by atoms with Crippen molar-refractivity contribution in [3.8, 4) is 0 Å². The molecule has 1 N–H and O–H groups in total. The Hall–Kier alpha value is -2.29. The van der Waals surface area contributed by atoms with Crippen LogP contribution in [0, 0.1) is 17.0 Å². The topological polar surface area (TPSA) is 120 Å². The van der Waals surface area contributed by atoms with Crippen LogP contribution in [0.25, 0.3) is 0 Å². The van der Waals surface area contributed by atoms with Gasteiger partial charge in [0.25, 0.3) is 0 Å². The summed E-state index contributed by atoms with van der Waals surface area (Å²) in [5.41, 5.74) is -0.356. The maximum atomic E-state index is 10.8. The minimum absolute atomic E-state index is 0.0567. The first-order valence-corrected chi connectivity index (χ1v) is 5.63. The quantitative estimate of drug-likeness (QED) is 0.497. The molecule has 0 aliphatic heterocycles. The van der Waals surface area contributed by atoms with Crippen LogP contribution in [-0.4, -0.2) is 31.6 Å². The second kappa shape index (κ2) is 5.57. The van der Waals surface area contributed by atoms with E-state index in [-0.39, 0.29) is 16.7 Å². The van der Waals surface area contributed by atoms with Gasteiger partial charge < -0.3 is 9.84 Å². The van der Waals surface area contributed by atoms with E-state index >= 15 is 0 Å². The Morgan fingerprint density at radius 3 is 2.95 bits per heavy atom. The molecule has 0 aliphatic rings. The van der Waals surface area contributed by atoms with Crippen LogP contribution >= 0.6 is 11.6 Å². The molecular weight excluding hydrogens is 276 g/mol. The fraction of sp³-hybridized carbons (Fsp3) is 0.333. The smallest absolute Gasteiger partial charge is 0.348 e. The highest BCUT2D eigenvalue weighted by atomic mass is 35.5. The van der Waals surface area contributed by atoms with Gasteiger partial charge in [-0.1, -0.05) is 16.8 Å². The molecule has 2 rings (SSSR count). The summed E-state index contributed by atoms with van der Waals surface area (Å²) in [6.45, 7) is 2.05. The number of aryl methyl sites for hydroxylation is 1. The molecule has 0 aromatic carbocycles. The molecule has 0 saturated carbocycles. The standard InChI is InChI=1S/C9H9ClN6O3/c1-5-14-6(19-15-5)2-3-11-9-7(16(17)18)8(10)12-4-13-9/h4H,2-3H2,1H3,(H,11,12,13). The Morgan fingerprint density at radius 1 is 1.53 bits per heavy atom. The Bertz CT molecular complexity index is 601. The Balaban J connectivity index is 2.03. The second-order valence-corrected chi connectivity index (χ2v) is 3.89. The largest absolute Gasteiger partial charge is 0.364 e. The SMILES string of the molecule is Cc1noc(CCNc2ncnc(Cl)c2[N+](=O)[O-])n1. The van der Waals surface area contributed by atoms with E-state index in [9.17, 15) is 10.1 Å². The number of anilines is 1. The van der Waals surface area contributed by atoms with Gasteiger partial charge in [-0.25, -0.2) is 9.97 Å². The lowest BCUT2D eigenvalue weighted by molar-refractivity contribution is -0.384. The van der Waals surface area contributed by atoms with Gasteiger partial charge in [0, 0.05) is 13.0 Å². The van der Waals surface area contributed by atoms with Gasteiger partial charge in [-0.2, -0.15) is 4.98 Å². The molecule has 100 valence electrons. The van der Waals surface area contributed by atoms with Crippen LogP contribution in [0.2, 0.25) is 5.15 Å². The lowest BCUT2D eigenvalue weighted by Gasteiger charge is -2.04. The summed E-state index contributed by atoms with van der Waals surface area (Å²) in [4.78, 5) is 21.6. The fourth-order valence-corrected chi connectivity index (χ4v) is 1.58. The van der Waals surface area contributed by atoms with E-state index in [1.807, 2.05) is 0 Å². The van der Waals surface area contributed by atoms with Crippen LogP contribution in [0.1, 0.15) is 11.7 Å². The van der Waals surface area contributed by atoms with Crippen LogP contribution in [-0.2, 0) is 6.42 Å². The van der Waals surface area contributed by atoms with Gasteiger partial charge in [0.05, 0.1) is 4.92 Å². The molecule has 10 heteroatoms. The third-order valence-corrected chi connectivity index (χ3v) is 2.44. The molecule has 0 unspecified atom stereocenters. The van der Waals surface area contributed by atoms with Crippen molar-refractivity contribution in [3.05, 3.63) is 33.3 Å². The molecule has 0 saturated heterocycles. The average molecular weight is 285 g/mol. The molecule has 0 atom stereocenters. The van der Waals surface area contributed by atoms with E-state index in [1.165, 1.54) is 0 Å². The normalized spacial score (nSPS) is 10.4. The fourth-order valence-electron chi connectivity index (χ4n) is 1.38. The van der Waals surface area contributed by atoms with Crippen molar-refractivity contribution in [2.45, 2.75) is 13.3 Å². The predicted molar refractivity (Wildman–Crippen MR) is 64.9 cm³/mol. The number of hydrogen-bond acceptors (Lipinski definition) is 8. The first kappa shape index (κ1) is 13.1. The molecule has 9 nitrogen and oxygen atoms in total. The summed E-state index contributed by atoms with van der Waals surface area (Å²) in [5, 5.41) is 17.0. The van der Waals surface area contributed by atoms with Gasteiger partial charge in [-0.3, -0.25) is 10.1 Å². The van der Waals surface area contributed by atoms with Crippen LogP contribution in [0.15, 0.2) is 10.9 Å². The summed E-state index contributed by atoms with van der Waals surface area (Å²) in [7, 11) is 0. The van der Waals surface area contributed by atoms with Crippen LogP contribution < -0.4 is 5.32 Å². The maximum Gasteiger partial charge on any atom is 0.348 e. The molecular formula is C9H9ClN6O3. The van der Waals surface area contributed by atoms with Crippen molar-refractivity contribution in [2.24, 2.45) is 0 Å². The minimum atomic E-state index is -0.637. The van der Waals surface area contributed by atoms with E-state index in [1.54, 1.807) is 6.92 Å². The first-order chi connectivity index (χ1) is 9.08. The molecule has 0 bridgehead atoms. The highest BCUT2D eigenvalue weighted by Gasteiger charge is 2.21. The Morgan fingerprint density at radius 2 is 2.32 bits per heavy atom. The summed E-state index contributed by atoms with van der Waals surface area (Å²) < 4.78 is 4.91. The molecule has 0 radical (unpaired) electrons. The molecule has 0 spiro atoms. The van der Waals surface area contributed by atoms with Gasteiger partial charge in [0.1, 0.15) is 6.33 Å². The molecule has 0 amide bonds. The third-order valence-electron chi connectivity index (χ3n) is 2.16. The van der Waals surface area contributed by atoms with Crippen molar-refractivity contribution in [2.75, 3.05) is 11.9 Å². The lowest BCUT2D eigenvalue weighted by Crippen LogP contribution is -2.09. The summed E-state index contributed by atoms with van der Waals surface area (Å²) >= 11 is 5.65. The van der Waals surface area contributed by atoms with E-state index in [4.69, 9.17) is 16.1 Å². The number of rotatable bonds is 5. The Kier molecular flexibility index (Phi) is 3.85. The lowest BCUT2D eigenvalue weighted by atomic mass is 10.4. The molecule has 19 heavy (non-hydrogen) atoms. The van der Waals surface area contributed by atoms with E-state index in [0.717, 1.165) is 6.33 Å². The van der Waals surface area contributed by atoms with Crippen molar-refractivity contribution in [3.63, 3.8) is 0 Å². The average Bonchev–Trinajstić information content (AvgIpc) is 2.74. The zero-order valence-electron chi connectivity index (χ0n) is 9.83. The van der Waals surface area contributed by atoms with E-state index in [2.05, 4.69) is 25.4 Å². The van der Waals surface area contributed by atoms with E-state index in [0.29, 0.717) is 24.7 Å². The second-order valence-electron chi connectivity index (χ2n) is 3.53. The van der Waals surface area contributed by atoms with Gasteiger partial charge in [-0.15, -0.1) is 0 Å². The maximum absolute atomic E-state index is 10.8. The summed E-state index contributed by atoms with van der Waals surface area (Å²) in [6.07, 6.45) is 1.56. The number of aromatic nitrogens is 4. The zero-order valence-corrected chi connectivity index (χ0v) is 10.6. The Labute approximate surface area is 112 Å². The number of nitrogens with one attached hydrogen (secondary N) is 1. The molecule has 2 heterocycles. The molecule has 2 aromatic rings. The predicted octanol–water partition coefficient (Wildman–Crippen LogP) is 1.38. The number of halogens is 1. The van der Waals surface area contributed by atoms with Crippen LogP contribution in [0.5, 0.6) is 0 Å². The molecule has 2 aromatic heterocycles. The van der Waals surface area contributed by atoms with Gasteiger partial charge in [-0.05, 0) is 6.92 Å². The zero-order chi connectivity index (χ0) is 13.8. The number of nitrogens with zero attached hydrogens (tertiary/aromatic N) is 5. The number of hydrogen-bond donors (Lipinski definition) is 1. The monoisotopic (exact) mass is 284 g/mol. The van der Waals surface area contributed by atoms with Crippen molar-refractivity contribution >= 4 is 23.1 Å². The first-order valence-electron chi connectivity index (χ1n) is 5.26. The molecule has 0 fully saturated rings. The van der Waals surface area contributed by atoms with Crippen LogP contribution in [0.4, 0.5) is 11.5 Å². The highest BCUT2D eigenvalue weighted by molar-refractivity contribution is 6.31. The van der Waals surface area contributed by atoms with Gasteiger partial charge in [0.2, 0.25) is 16.9 Å². The van der Waals surface area contributed by atoms with Crippen molar-refractivity contribution in [1.29, 1.82) is 0 Å². The van der Waals surface area contributed by atoms with E-state index < -0.39 is 4.92 Å². The van der Waals surface area contributed by atoms with Crippen molar-refractivity contribution < 1.29 is 9.45 Å². The molecule has 0 aliphatic carbocycles. The minimum Gasteiger partial charge on any atom is -0.364 e. The van der Waals surface area contributed by atoms with Gasteiger partial charge >= 0.3 is 5.69 Å².